The standard InChI is InChI=1S/C36H34F3N5O4/c1-35(16-4-18-44(34(35)45)21-23-5-10-26(46-2)11-6-23)41-33-30-20-40-17-15-28(30)32(42-43-33)29-14-9-25(36(37,38)39)19-31(29)48-22-24-7-12-27(47-3)13-8-24/h5-15,17,19-20H,4,16,18,21-22H2,1-3H3,(H,41,43). The lowest BCUT2D eigenvalue weighted by molar-refractivity contribution is -0.139. The molecule has 0 saturated carbocycles. The summed E-state index contributed by atoms with van der Waals surface area (Å²) in [4.78, 5) is 19.9. The molecular formula is C36H34F3N5O4. The van der Waals surface area contributed by atoms with Gasteiger partial charge in [-0.3, -0.25) is 9.78 Å². The first-order chi connectivity index (χ1) is 23.1. The van der Waals surface area contributed by atoms with Crippen LogP contribution in [0.25, 0.3) is 22.0 Å². The lowest BCUT2D eigenvalue weighted by Gasteiger charge is -2.40. The van der Waals surface area contributed by atoms with Crippen LogP contribution in [0.2, 0.25) is 0 Å². The van der Waals surface area contributed by atoms with E-state index in [-0.39, 0.29) is 18.3 Å². The molecule has 1 amide bonds. The summed E-state index contributed by atoms with van der Waals surface area (Å²) in [5.74, 6) is 1.65. The molecule has 0 spiro atoms. The first kappa shape index (κ1) is 32.5. The van der Waals surface area contributed by atoms with Crippen molar-refractivity contribution in [3.63, 3.8) is 0 Å². The number of hydrogen-bond acceptors (Lipinski definition) is 8. The van der Waals surface area contributed by atoms with E-state index in [1.165, 1.54) is 6.07 Å². The summed E-state index contributed by atoms with van der Waals surface area (Å²) in [7, 11) is 3.16. The molecule has 48 heavy (non-hydrogen) atoms. The molecule has 1 aliphatic heterocycles. The van der Waals surface area contributed by atoms with Crippen LogP contribution in [0.4, 0.5) is 19.0 Å². The first-order valence-electron chi connectivity index (χ1n) is 15.4. The monoisotopic (exact) mass is 657 g/mol. The average molecular weight is 658 g/mol. The predicted octanol–water partition coefficient (Wildman–Crippen LogP) is 7.30. The maximum atomic E-state index is 13.8. The third-order valence-corrected chi connectivity index (χ3v) is 8.49. The number of amides is 1. The average Bonchev–Trinajstić information content (AvgIpc) is 3.10. The molecule has 0 aliphatic carbocycles. The molecule has 1 atom stereocenters. The molecule has 1 aliphatic rings. The minimum atomic E-state index is -4.58. The normalized spacial score (nSPS) is 16.5. The van der Waals surface area contributed by atoms with Crippen molar-refractivity contribution in [1.82, 2.24) is 20.1 Å². The Labute approximate surface area is 275 Å². The van der Waals surface area contributed by atoms with Gasteiger partial charge in [0.2, 0.25) is 5.91 Å². The van der Waals surface area contributed by atoms with Crippen molar-refractivity contribution in [3.05, 3.63) is 102 Å². The number of alkyl halides is 3. The second kappa shape index (κ2) is 13.4. The number of aromatic nitrogens is 3. The molecule has 1 N–H and O–H groups in total. The second-order valence-electron chi connectivity index (χ2n) is 11.8. The van der Waals surface area contributed by atoms with Crippen molar-refractivity contribution in [3.8, 4) is 28.5 Å². The van der Waals surface area contributed by atoms with Crippen LogP contribution in [-0.4, -0.2) is 52.3 Å². The Hall–Kier alpha value is -5.39. The van der Waals surface area contributed by atoms with E-state index in [0.29, 0.717) is 53.1 Å². The van der Waals surface area contributed by atoms with Crippen LogP contribution in [0.15, 0.2) is 85.2 Å². The van der Waals surface area contributed by atoms with Gasteiger partial charge >= 0.3 is 6.18 Å². The summed E-state index contributed by atoms with van der Waals surface area (Å²) in [6, 6.07) is 19.7. The van der Waals surface area contributed by atoms with Crippen LogP contribution in [-0.2, 0) is 24.1 Å². The van der Waals surface area contributed by atoms with E-state index in [1.54, 1.807) is 56.9 Å². The van der Waals surface area contributed by atoms with Gasteiger partial charge in [-0.05, 0) is 79.4 Å². The largest absolute Gasteiger partial charge is 0.497 e. The summed E-state index contributed by atoms with van der Waals surface area (Å²) in [5.41, 5.74) is 0.537. The van der Waals surface area contributed by atoms with E-state index < -0.39 is 17.3 Å². The number of likely N-dealkylation sites (tertiary alicyclic amines) is 1. The SMILES string of the molecule is COc1ccc(COc2cc(C(F)(F)F)ccc2-c2nnc(NC3(C)CCCN(Cc4ccc(OC)cc4)C3=O)c3cnccc23)cc1. The molecule has 3 heterocycles. The summed E-state index contributed by atoms with van der Waals surface area (Å²) < 4.78 is 57.8. The number of piperidine rings is 1. The maximum absolute atomic E-state index is 13.8. The zero-order valence-corrected chi connectivity index (χ0v) is 26.7. The molecule has 1 fully saturated rings. The lowest BCUT2D eigenvalue weighted by atomic mass is 9.89. The van der Waals surface area contributed by atoms with Crippen molar-refractivity contribution in [2.45, 2.75) is 44.6 Å². The third-order valence-electron chi connectivity index (χ3n) is 8.49. The number of nitrogens with zero attached hydrogens (tertiary/aromatic N) is 4. The Morgan fingerprint density at radius 3 is 2.25 bits per heavy atom. The third kappa shape index (κ3) is 6.83. The minimum Gasteiger partial charge on any atom is -0.497 e. The van der Waals surface area contributed by atoms with Gasteiger partial charge < -0.3 is 24.4 Å². The van der Waals surface area contributed by atoms with E-state index in [2.05, 4.69) is 20.5 Å². The Bertz CT molecular complexity index is 1920. The van der Waals surface area contributed by atoms with E-state index in [1.807, 2.05) is 36.1 Å². The molecule has 248 valence electrons. The highest BCUT2D eigenvalue weighted by Gasteiger charge is 2.40. The number of methoxy groups -OCH3 is 2. The molecule has 6 rings (SSSR count). The highest BCUT2D eigenvalue weighted by molar-refractivity contribution is 6.02. The Kier molecular flexibility index (Phi) is 9.07. The first-order valence-corrected chi connectivity index (χ1v) is 15.4. The van der Waals surface area contributed by atoms with Crippen molar-refractivity contribution >= 4 is 22.5 Å². The Balaban J connectivity index is 1.31. The zero-order valence-electron chi connectivity index (χ0n) is 26.7. The number of pyridine rings is 1. The highest BCUT2D eigenvalue weighted by Crippen LogP contribution is 2.40. The fraction of sp³-hybridized carbons (Fsp3) is 0.278. The van der Waals surface area contributed by atoms with Gasteiger partial charge in [0.1, 0.15) is 35.1 Å². The van der Waals surface area contributed by atoms with E-state index >= 15 is 0 Å². The summed E-state index contributed by atoms with van der Waals surface area (Å²) in [5, 5.41) is 13.4. The zero-order chi connectivity index (χ0) is 33.9. The van der Waals surface area contributed by atoms with Crippen molar-refractivity contribution in [2.24, 2.45) is 0 Å². The summed E-state index contributed by atoms with van der Waals surface area (Å²) in [6.07, 6.45) is -0.0652. The summed E-state index contributed by atoms with van der Waals surface area (Å²) in [6.45, 7) is 2.91. The van der Waals surface area contributed by atoms with Crippen molar-refractivity contribution in [1.29, 1.82) is 0 Å². The number of fused-ring (bicyclic) bond motifs is 1. The molecular weight excluding hydrogens is 623 g/mol. The number of carbonyl (C=O) groups is 1. The molecule has 5 aromatic rings. The van der Waals surface area contributed by atoms with Gasteiger partial charge in [0.05, 0.1) is 19.8 Å². The fourth-order valence-electron chi connectivity index (χ4n) is 5.85. The quantitative estimate of drug-likeness (QED) is 0.167. The number of benzene rings is 3. The predicted molar refractivity (Wildman–Crippen MR) is 175 cm³/mol. The maximum Gasteiger partial charge on any atom is 0.416 e. The van der Waals surface area contributed by atoms with Crippen LogP contribution < -0.4 is 19.5 Å². The minimum absolute atomic E-state index is 0.00245. The molecule has 3 aromatic carbocycles. The smallest absolute Gasteiger partial charge is 0.416 e. The lowest BCUT2D eigenvalue weighted by Crippen LogP contribution is -2.55. The topological polar surface area (TPSA) is 98.7 Å². The van der Waals surface area contributed by atoms with Crippen LogP contribution in [0.1, 0.15) is 36.5 Å². The van der Waals surface area contributed by atoms with E-state index in [4.69, 9.17) is 14.2 Å². The molecule has 0 bridgehead atoms. The fourth-order valence-corrected chi connectivity index (χ4v) is 5.85. The number of ether oxygens (including phenoxy) is 3. The van der Waals surface area contributed by atoms with E-state index in [9.17, 15) is 18.0 Å². The van der Waals surface area contributed by atoms with Crippen LogP contribution in [0, 0.1) is 0 Å². The number of anilines is 1. The van der Waals surface area contributed by atoms with Crippen molar-refractivity contribution < 1.29 is 32.2 Å². The van der Waals surface area contributed by atoms with Crippen LogP contribution in [0.5, 0.6) is 17.2 Å². The van der Waals surface area contributed by atoms with Gasteiger partial charge in [-0.2, -0.15) is 13.2 Å². The molecule has 1 unspecified atom stereocenters. The number of hydrogen-bond donors (Lipinski definition) is 1. The number of nitrogens with one attached hydrogen (secondary N) is 1. The van der Waals surface area contributed by atoms with Gasteiger partial charge in [0, 0.05) is 41.8 Å². The number of carbonyl (C=O) groups excluding carboxylic acids is 1. The number of rotatable bonds is 10. The van der Waals surface area contributed by atoms with Crippen LogP contribution >= 0.6 is 0 Å². The second-order valence-corrected chi connectivity index (χ2v) is 11.8. The molecule has 9 nitrogen and oxygen atoms in total. The molecule has 0 radical (unpaired) electrons. The molecule has 1 saturated heterocycles. The summed E-state index contributed by atoms with van der Waals surface area (Å²) >= 11 is 0. The molecule has 2 aromatic heterocycles. The number of halogens is 3. The Morgan fingerprint density at radius 2 is 1.58 bits per heavy atom. The van der Waals surface area contributed by atoms with Gasteiger partial charge in [-0.25, -0.2) is 0 Å². The van der Waals surface area contributed by atoms with Gasteiger partial charge in [-0.15, -0.1) is 10.2 Å². The highest BCUT2D eigenvalue weighted by atomic mass is 19.4. The van der Waals surface area contributed by atoms with Crippen LogP contribution in [0.3, 0.4) is 0 Å². The van der Waals surface area contributed by atoms with Gasteiger partial charge in [0.15, 0.2) is 5.82 Å². The molecule has 12 heteroatoms. The van der Waals surface area contributed by atoms with Gasteiger partial charge in [0.25, 0.3) is 0 Å². The van der Waals surface area contributed by atoms with Crippen molar-refractivity contribution in [2.75, 3.05) is 26.1 Å². The van der Waals surface area contributed by atoms with E-state index in [0.717, 1.165) is 35.4 Å². The Morgan fingerprint density at radius 1 is 0.896 bits per heavy atom. The van der Waals surface area contributed by atoms with Gasteiger partial charge in [-0.1, -0.05) is 24.3 Å².